The summed E-state index contributed by atoms with van der Waals surface area (Å²) in [5.41, 5.74) is 7.44. The number of aromatic nitrogens is 2. The zero-order chi connectivity index (χ0) is 21.1. The van der Waals surface area contributed by atoms with Crippen LogP contribution in [0.25, 0.3) is 21.8 Å². The quantitative estimate of drug-likeness (QED) is 0.273. The van der Waals surface area contributed by atoms with Crippen LogP contribution in [0.1, 0.15) is 17.0 Å². The highest BCUT2D eigenvalue weighted by atomic mass is 32.2. The Bertz CT molecular complexity index is 1260. The van der Waals surface area contributed by atoms with Gasteiger partial charge in [0.05, 0.1) is 24.6 Å². The number of aromatic amines is 1. The zero-order valence-corrected chi connectivity index (χ0v) is 17.8. The van der Waals surface area contributed by atoms with Crippen LogP contribution in [0.5, 0.6) is 5.75 Å². The molecule has 0 aliphatic heterocycles. The van der Waals surface area contributed by atoms with Crippen molar-refractivity contribution < 1.29 is 9.53 Å². The molecule has 0 radical (unpaired) electrons. The van der Waals surface area contributed by atoms with E-state index in [0.717, 1.165) is 49.4 Å². The van der Waals surface area contributed by atoms with E-state index in [1.54, 1.807) is 13.3 Å². The molecule has 4 aromatic rings. The minimum Gasteiger partial charge on any atom is -0.497 e. The Morgan fingerprint density at radius 3 is 2.87 bits per heavy atom. The number of rotatable bonds is 6. The summed E-state index contributed by atoms with van der Waals surface area (Å²) in [7, 11) is 1.64. The van der Waals surface area contributed by atoms with E-state index in [9.17, 15) is 4.79 Å². The summed E-state index contributed by atoms with van der Waals surface area (Å²) in [6.07, 6.45) is 1.69. The summed E-state index contributed by atoms with van der Waals surface area (Å²) in [5.74, 6) is 0.845. The first kappa shape index (κ1) is 20.0. The molecule has 0 aliphatic carbocycles. The Morgan fingerprint density at radius 2 is 2.03 bits per heavy atom. The van der Waals surface area contributed by atoms with Gasteiger partial charge >= 0.3 is 0 Å². The summed E-state index contributed by atoms with van der Waals surface area (Å²) in [6.45, 7) is 3.94. The lowest BCUT2D eigenvalue weighted by Crippen LogP contribution is -2.19. The average molecular weight is 419 g/mol. The third-order valence-corrected chi connectivity index (χ3v) is 5.85. The van der Waals surface area contributed by atoms with E-state index in [2.05, 4.69) is 20.5 Å². The Kier molecular flexibility index (Phi) is 5.72. The Labute approximate surface area is 178 Å². The van der Waals surface area contributed by atoms with E-state index in [1.807, 2.05) is 62.4 Å². The minimum absolute atomic E-state index is 0.167. The first-order valence-corrected chi connectivity index (χ1v) is 10.5. The predicted octanol–water partition coefficient (Wildman–Crippen LogP) is 4.58. The smallest absolute Gasteiger partial charge is 0.250 e. The molecule has 30 heavy (non-hydrogen) atoms. The first-order valence-electron chi connectivity index (χ1n) is 9.52. The number of carbonyl (C=O) groups excluding carboxylic acids is 1. The van der Waals surface area contributed by atoms with E-state index in [4.69, 9.17) is 4.74 Å². The summed E-state index contributed by atoms with van der Waals surface area (Å²) >= 11 is 1.46. The van der Waals surface area contributed by atoms with Crippen molar-refractivity contribution in [3.05, 3.63) is 65.5 Å². The molecule has 2 aromatic heterocycles. The molecule has 0 aliphatic rings. The van der Waals surface area contributed by atoms with E-state index < -0.39 is 0 Å². The second kappa shape index (κ2) is 8.59. The SMILES string of the molecule is COc1ccc2nc(C)cc(SCC(=O)N/N=C\c3c(C)[nH]c4ccccc34)c2c1. The van der Waals surface area contributed by atoms with Crippen molar-refractivity contribution in [2.45, 2.75) is 18.7 Å². The number of fused-ring (bicyclic) bond motifs is 2. The van der Waals surface area contributed by atoms with E-state index in [0.29, 0.717) is 0 Å². The number of carbonyl (C=O) groups is 1. The second-order valence-corrected chi connectivity index (χ2v) is 7.95. The molecule has 2 aromatic carbocycles. The standard InChI is InChI=1S/C23H22N4O2S/c1-14-10-22(18-11-16(29-3)8-9-21(18)25-14)30-13-23(28)27-24-12-19-15(2)26-20-7-5-4-6-17(19)20/h4-12,26H,13H2,1-3H3,(H,27,28)/b24-12-. The number of methoxy groups -OCH3 is 1. The summed E-state index contributed by atoms with van der Waals surface area (Å²) in [4.78, 5) is 21.2. The number of H-pyrrole nitrogens is 1. The molecule has 2 heterocycles. The monoisotopic (exact) mass is 418 g/mol. The number of ether oxygens (including phenoxy) is 1. The number of nitrogens with one attached hydrogen (secondary N) is 2. The van der Waals surface area contributed by atoms with Crippen LogP contribution in [-0.2, 0) is 4.79 Å². The van der Waals surface area contributed by atoms with Gasteiger partial charge in [0.25, 0.3) is 0 Å². The Balaban J connectivity index is 1.45. The number of hydrogen-bond acceptors (Lipinski definition) is 5. The van der Waals surface area contributed by atoms with Gasteiger partial charge in [-0.25, -0.2) is 5.43 Å². The van der Waals surface area contributed by atoms with Crippen molar-refractivity contribution in [1.82, 2.24) is 15.4 Å². The number of thioether (sulfide) groups is 1. The van der Waals surface area contributed by atoms with Crippen molar-refractivity contribution in [2.75, 3.05) is 12.9 Å². The van der Waals surface area contributed by atoms with Gasteiger partial charge < -0.3 is 9.72 Å². The second-order valence-electron chi connectivity index (χ2n) is 6.94. The van der Waals surface area contributed by atoms with Crippen molar-refractivity contribution in [3.63, 3.8) is 0 Å². The fourth-order valence-electron chi connectivity index (χ4n) is 3.36. The van der Waals surface area contributed by atoms with Crippen LogP contribution < -0.4 is 10.2 Å². The molecular weight excluding hydrogens is 396 g/mol. The maximum Gasteiger partial charge on any atom is 0.250 e. The normalized spacial score (nSPS) is 11.4. The largest absolute Gasteiger partial charge is 0.497 e. The number of pyridine rings is 1. The van der Waals surface area contributed by atoms with Gasteiger partial charge in [0.1, 0.15) is 5.75 Å². The third-order valence-electron chi connectivity index (χ3n) is 4.79. The predicted molar refractivity (Wildman–Crippen MR) is 123 cm³/mol. The highest BCUT2D eigenvalue weighted by Crippen LogP contribution is 2.30. The van der Waals surface area contributed by atoms with Crippen LogP contribution in [0.4, 0.5) is 0 Å². The van der Waals surface area contributed by atoms with Gasteiger partial charge in [-0.2, -0.15) is 5.10 Å². The molecule has 4 rings (SSSR count). The van der Waals surface area contributed by atoms with Gasteiger partial charge in [0.15, 0.2) is 0 Å². The molecule has 0 saturated carbocycles. The molecule has 0 spiro atoms. The molecule has 152 valence electrons. The van der Waals surface area contributed by atoms with Gasteiger partial charge in [0, 0.05) is 38.1 Å². The van der Waals surface area contributed by atoms with Crippen LogP contribution in [0.15, 0.2) is 58.5 Å². The van der Waals surface area contributed by atoms with Crippen LogP contribution >= 0.6 is 11.8 Å². The zero-order valence-electron chi connectivity index (χ0n) is 17.0. The topological polar surface area (TPSA) is 79.4 Å². The van der Waals surface area contributed by atoms with Gasteiger partial charge in [-0.05, 0) is 44.2 Å². The van der Waals surface area contributed by atoms with Crippen LogP contribution in [0, 0.1) is 13.8 Å². The highest BCUT2D eigenvalue weighted by molar-refractivity contribution is 8.00. The number of nitrogens with zero attached hydrogens (tertiary/aromatic N) is 2. The summed E-state index contributed by atoms with van der Waals surface area (Å²) in [5, 5.41) is 6.20. The molecule has 2 N–H and O–H groups in total. The van der Waals surface area contributed by atoms with Gasteiger partial charge in [-0.3, -0.25) is 9.78 Å². The van der Waals surface area contributed by atoms with Crippen molar-refractivity contribution >= 4 is 45.7 Å². The molecule has 0 unspecified atom stereocenters. The Morgan fingerprint density at radius 1 is 1.20 bits per heavy atom. The lowest BCUT2D eigenvalue weighted by molar-refractivity contribution is -0.118. The first-order chi connectivity index (χ1) is 14.5. The number of hydrogen-bond donors (Lipinski definition) is 2. The van der Waals surface area contributed by atoms with E-state index in [1.165, 1.54) is 11.8 Å². The number of para-hydroxylation sites is 1. The fourth-order valence-corrected chi connectivity index (χ4v) is 4.28. The molecule has 0 saturated heterocycles. The van der Waals surface area contributed by atoms with E-state index >= 15 is 0 Å². The molecule has 1 amide bonds. The average Bonchev–Trinajstić information content (AvgIpc) is 3.07. The maximum atomic E-state index is 12.3. The highest BCUT2D eigenvalue weighted by Gasteiger charge is 2.10. The molecule has 0 bridgehead atoms. The van der Waals surface area contributed by atoms with Crippen molar-refractivity contribution in [2.24, 2.45) is 5.10 Å². The third kappa shape index (κ3) is 4.16. The molecule has 7 heteroatoms. The lowest BCUT2D eigenvalue weighted by Gasteiger charge is -2.09. The van der Waals surface area contributed by atoms with E-state index in [-0.39, 0.29) is 11.7 Å². The number of aryl methyl sites for hydroxylation is 2. The lowest BCUT2D eigenvalue weighted by atomic mass is 10.1. The number of hydrazone groups is 1. The number of amides is 1. The summed E-state index contributed by atoms with van der Waals surface area (Å²) < 4.78 is 5.32. The molecule has 0 atom stereocenters. The van der Waals surface area contributed by atoms with Crippen LogP contribution in [0.2, 0.25) is 0 Å². The van der Waals surface area contributed by atoms with Crippen molar-refractivity contribution in [1.29, 1.82) is 0 Å². The summed E-state index contributed by atoms with van der Waals surface area (Å²) in [6, 6.07) is 15.8. The van der Waals surface area contributed by atoms with Crippen molar-refractivity contribution in [3.8, 4) is 5.75 Å². The number of benzene rings is 2. The molecular formula is C23H22N4O2S. The fraction of sp³-hybridized carbons (Fsp3) is 0.174. The van der Waals surface area contributed by atoms with Crippen LogP contribution in [0.3, 0.4) is 0 Å². The van der Waals surface area contributed by atoms with Gasteiger partial charge in [0.2, 0.25) is 5.91 Å². The van der Waals surface area contributed by atoms with Crippen LogP contribution in [-0.4, -0.2) is 35.0 Å². The van der Waals surface area contributed by atoms with Gasteiger partial charge in [-0.1, -0.05) is 18.2 Å². The van der Waals surface area contributed by atoms with Gasteiger partial charge in [-0.15, -0.1) is 11.8 Å². The maximum absolute atomic E-state index is 12.3. The Hall–Kier alpha value is -3.32. The molecule has 6 nitrogen and oxygen atoms in total. The molecule has 0 fully saturated rings. The minimum atomic E-state index is -0.167.